The van der Waals surface area contributed by atoms with E-state index in [1.165, 1.54) is 19.6 Å². The minimum absolute atomic E-state index is 0.394. The molecule has 76 valence electrons. The van der Waals surface area contributed by atoms with Gasteiger partial charge in [0.25, 0.3) is 0 Å². The standard InChI is InChI=1S/C10H18O3/c1-8(2)6-5-7-10(3,12)9(11)13-4/h6,12H,5,7H2,1-4H3/t10-/m0/s1. The lowest BCUT2D eigenvalue weighted by Gasteiger charge is -2.18. The zero-order valence-corrected chi connectivity index (χ0v) is 8.76. The first-order valence-corrected chi connectivity index (χ1v) is 4.34. The van der Waals surface area contributed by atoms with Crippen LogP contribution in [0.5, 0.6) is 0 Å². The van der Waals surface area contributed by atoms with Crippen molar-refractivity contribution >= 4 is 5.97 Å². The topological polar surface area (TPSA) is 46.5 Å². The molecule has 1 atom stereocenters. The summed E-state index contributed by atoms with van der Waals surface area (Å²) in [7, 11) is 1.28. The summed E-state index contributed by atoms with van der Waals surface area (Å²) in [4.78, 5) is 11.0. The Morgan fingerprint density at radius 1 is 1.54 bits per heavy atom. The van der Waals surface area contributed by atoms with Crippen molar-refractivity contribution in [2.75, 3.05) is 7.11 Å². The lowest BCUT2D eigenvalue weighted by atomic mass is 10.00. The van der Waals surface area contributed by atoms with Gasteiger partial charge in [0.1, 0.15) is 0 Å². The summed E-state index contributed by atoms with van der Waals surface area (Å²) in [5.74, 6) is -0.574. The highest BCUT2D eigenvalue weighted by molar-refractivity contribution is 5.78. The molecule has 13 heavy (non-hydrogen) atoms. The molecule has 0 aromatic heterocycles. The van der Waals surface area contributed by atoms with Gasteiger partial charge in [-0.1, -0.05) is 11.6 Å². The first kappa shape index (κ1) is 12.2. The second-order valence-corrected chi connectivity index (χ2v) is 3.59. The van der Waals surface area contributed by atoms with Crippen LogP contribution in [0.2, 0.25) is 0 Å². The highest BCUT2D eigenvalue weighted by Crippen LogP contribution is 2.14. The number of ether oxygens (including phenoxy) is 1. The van der Waals surface area contributed by atoms with E-state index in [0.717, 1.165) is 0 Å². The van der Waals surface area contributed by atoms with Crippen molar-refractivity contribution in [2.24, 2.45) is 0 Å². The number of rotatable bonds is 4. The molecule has 0 saturated carbocycles. The van der Waals surface area contributed by atoms with Crippen LogP contribution < -0.4 is 0 Å². The lowest BCUT2D eigenvalue weighted by Crippen LogP contribution is -2.35. The molecule has 0 aromatic rings. The van der Waals surface area contributed by atoms with Crippen molar-refractivity contribution in [1.29, 1.82) is 0 Å². The van der Waals surface area contributed by atoms with Gasteiger partial charge in [0.2, 0.25) is 0 Å². The van der Waals surface area contributed by atoms with Crippen molar-refractivity contribution in [3.8, 4) is 0 Å². The van der Waals surface area contributed by atoms with E-state index in [9.17, 15) is 9.90 Å². The summed E-state index contributed by atoms with van der Waals surface area (Å²) in [5, 5.41) is 9.59. The molecule has 3 heteroatoms. The summed E-state index contributed by atoms with van der Waals surface area (Å²) in [6.45, 7) is 5.43. The van der Waals surface area contributed by atoms with Gasteiger partial charge in [-0.15, -0.1) is 0 Å². The molecule has 0 unspecified atom stereocenters. The van der Waals surface area contributed by atoms with Crippen LogP contribution in [0, 0.1) is 0 Å². The SMILES string of the molecule is COC(=O)[C@@](C)(O)CCC=C(C)C. The first-order chi connectivity index (χ1) is 5.90. The number of esters is 1. The molecule has 0 saturated heterocycles. The molecule has 0 amide bonds. The molecule has 0 aliphatic rings. The largest absolute Gasteiger partial charge is 0.467 e. The Morgan fingerprint density at radius 2 is 2.08 bits per heavy atom. The zero-order chi connectivity index (χ0) is 10.5. The van der Waals surface area contributed by atoms with Crippen LogP contribution in [0.25, 0.3) is 0 Å². The van der Waals surface area contributed by atoms with Crippen LogP contribution in [0.15, 0.2) is 11.6 Å². The van der Waals surface area contributed by atoms with E-state index in [2.05, 4.69) is 4.74 Å². The molecule has 0 aliphatic heterocycles. The number of methoxy groups -OCH3 is 1. The van der Waals surface area contributed by atoms with Gasteiger partial charge < -0.3 is 9.84 Å². The fourth-order valence-electron chi connectivity index (χ4n) is 0.964. The third-order valence-electron chi connectivity index (χ3n) is 1.81. The minimum Gasteiger partial charge on any atom is -0.467 e. The molecule has 0 rings (SSSR count). The Balaban J connectivity index is 4.03. The minimum atomic E-state index is -1.36. The Labute approximate surface area is 79.4 Å². The predicted octanol–water partition coefficient (Wildman–Crippen LogP) is 1.66. The van der Waals surface area contributed by atoms with Gasteiger partial charge in [-0.25, -0.2) is 4.79 Å². The Morgan fingerprint density at radius 3 is 2.46 bits per heavy atom. The van der Waals surface area contributed by atoms with Gasteiger partial charge >= 0.3 is 5.97 Å². The maximum atomic E-state index is 11.0. The lowest BCUT2D eigenvalue weighted by molar-refractivity contribution is -0.160. The van der Waals surface area contributed by atoms with Gasteiger partial charge in [0, 0.05) is 0 Å². The van der Waals surface area contributed by atoms with E-state index in [1.807, 2.05) is 19.9 Å². The summed E-state index contributed by atoms with van der Waals surface area (Å²) in [5.41, 5.74) is -0.179. The molecule has 0 aliphatic carbocycles. The molecular weight excluding hydrogens is 168 g/mol. The summed E-state index contributed by atoms with van der Waals surface area (Å²) in [6.07, 6.45) is 3.06. The summed E-state index contributed by atoms with van der Waals surface area (Å²) < 4.78 is 4.46. The van der Waals surface area contributed by atoms with Gasteiger partial charge in [-0.05, 0) is 33.6 Å². The normalized spacial score (nSPS) is 14.5. The molecule has 0 radical (unpaired) electrons. The van der Waals surface area contributed by atoms with Crippen LogP contribution in [0.3, 0.4) is 0 Å². The summed E-state index contributed by atoms with van der Waals surface area (Å²) in [6, 6.07) is 0. The zero-order valence-electron chi connectivity index (χ0n) is 8.76. The highest BCUT2D eigenvalue weighted by Gasteiger charge is 2.30. The van der Waals surface area contributed by atoms with Crippen molar-refractivity contribution < 1.29 is 14.6 Å². The number of allylic oxidation sites excluding steroid dienone is 2. The number of aliphatic hydroxyl groups is 1. The fraction of sp³-hybridized carbons (Fsp3) is 0.700. The molecule has 0 heterocycles. The monoisotopic (exact) mass is 186 g/mol. The third-order valence-corrected chi connectivity index (χ3v) is 1.81. The fourth-order valence-corrected chi connectivity index (χ4v) is 0.964. The van der Waals surface area contributed by atoms with Gasteiger partial charge in [-0.3, -0.25) is 0 Å². The van der Waals surface area contributed by atoms with E-state index in [4.69, 9.17) is 0 Å². The molecule has 0 aromatic carbocycles. The van der Waals surface area contributed by atoms with Crippen molar-refractivity contribution in [3.05, 3.63) is 11.6 Å². The van der Waals surface area contributed by atoms with Gasteiger partial charge in [0.15, 0.2) is 5.60 Å². The van der Waals surface area contributed by atoms with E-state index in [-0.39, 0.29) is 0 Å². The number of hydrogen-bond acceptors (Lipinski definition) is 3. The maximum Gasteiger partial charge on any atom is 0.337 e. The average Bonchev–Trinajstić information content (AvgIpc) is 2.01. The Hall–Kier alpha value is -0.830. The van der Waals surface area contributed by atoms with Crippen LogP contribution >= 0.6 is 0 Å². The number of carbonyl (C=O) groups excluding carboxylic acids is 1. The Bertz CT molecular complexity index is 200. The second kappa shape index (κ2) is 5.02. The van der Waals surface area contributed by atoms with Gasteiger partial charge in [0.05, 0.1) is 7.11 Å². The van der Waals surface area contributed by atoms with E-state index < -0.39 is 11.6 Å². The van der Waals surface area contributed by atoms with Gasteiger partial charge in [-0.2, -0.15) is 0 Å². The maximum absolute atomic E-state index is 11.0. The average molecular weight is 186 g/mol. The molecule has 0 fully saturated rings. The van der Waals surface area contributed by atoms with Crippen molar-refractivity contribution in [1.82, 2.24) is 0 Å². The van der Waals surface area contributed by atoms with Crippen molar-refractivity contribution in [3.63, 3.8) is 0 Å². The van der Waals surface area contributed by atoms with E-state index >= 15 is 0 Å². The smallest absolute Gasteiger partial charge is 0.337 e. The molecular formula is C10H18O3. The third kappa shape index (κ3) is 4.68. The van der Waals surface area contributed by atoms with Crippen molar-refractivity contribution in [2.45, 2.75) is 39.2 Å². The molecule has 0 bridgehead atoms. The molecule has 3 nitrogen and oxygen atoms in total. The van der Waals surface area contributed by atoms with Crippen LogP contribution in [-0.2, 0) is 9.53 Å². The van der Waals surface area contributed by atoms with Crippen LogP contribution in [0.4, 0.5) is 0 Å². The van der Waals surface area contributed by atoms with E-state index in [1.54, 1.807) is 0 Å². The predicted molar refractivity (Wildman–Crippen MR) is 51.3 cm³/mol. The molecule has 0 spiro atoms. The second-order valence-electron chi connectivity index (χ2n) is 3.59. The molecule has 1 N–H and O–H groups in total. The summed E-state index contributed by atoms with van der Waals surface area (Å²) >= 11 is 0. The Kier molecular flexibility index (Phi) is 4.70. The first-order valence-electron chi connectivity index (χ1n) is 4.34. The van der Waals surface area contributed by atoms with E-state index in [0.29, 0.717) is 12.8 Å². The number of hydrogen-bond donors (Lipinski definition) is 1. The quantitative estimate of drug-likeness (QED) is 0.536. The van der Waals surface area contributed by atoms with Crippen LogP contribution in [0.1, 0.15) is 33.6 Å². The number of carbonyl (C=O) groups is 1. The highest BCUT2D eigenvalue weighted by atomic mass is 16.5. The van der Waals surface area contributed by atoms with Crippen LogP contribution in [-0.4, -0.2) is 23.8 Å².